The highest BCUT2D eigenvalue weighted by molar-refractivity contribution is 5.95. The number of hydrogen-bond donors (Lipinski definition) is 3. The second-order valence-electron chi connectivity index (χ2n) is 6.45. The highest BCUT2D eigenvalue weighted by Crippen LogP contribution is 2.20. The van der Waals surface area contributed by atoms with Crippen molar-refractivity contribution in [1.29, 1.82) is 0 Å². The van der Waals surface area contributed by atoms with E-state index >= 15 is 0 Å². The number of carbonyl (C=O) groups is 2. The van der Waals surface area contributed by atoms with Crippen LogP contribution in [0.1, 0.15) is 35.8 Å². The molecule has 3 aromatic rings. The van der Waals surface area contributed by atoms with Crippen LogP contribution in [0.3, 0.4) is 0 Å². The lowest BCUT2D eigenvalue weighted by molar-refractivity contribution is -0.114. The topological polar surface area (TPSA) is 83.1 Å². The predicted molar refractivity (Wildman–Crippen MR) is 111 cm³/mol. The summed E-state index contributed by atoms with van der Waals surface area (Å²) in [4.78, 5) is 27.8. The molecule has 0 saturated carbocycles. The first kappa shape index (κ1) is 19.1. The molecule has 0 bridgehead atoms. The fourth-order valence-electron chi connectivity index (χ4n) is 2.74. The van der Waals surface area contributed by atoms with Gasteiger partial charge in [-0.15, -0.1) is 0 Å². The van der Waals surface area contributed by atoms with Gasteiger partial charge in [-0.3, -0.25) is 14.6 Å². The van der Waals surface area contributed by atoms with Crippen LogP contribution in [0.15, 0.2) is 73.1 Å². The molecule has 0 saturated heterocycles. The van der Waals surface area contributed by atoms with Gasteiger partial charge in [0.2, 0.25) is 5.91 Å². The molecule has 0 radical (unpaired) electrons. The highest BCUT2D eigenvalue weighted by atomic mass is 16.2. The maximum Gasteiger partial charge on any atom is 0.253 e. The van der Waals surface area contributed by atoms with Crippen LogP contribution in [0.4, 0.5) is 17.1 Å². The summed E-state index contributed by atoms with van der Waals surface area (Å²) in [6, 6.07) is 18.7. The first-order valence-corrected chi connectivity index (χ1v) is 8.97. The van der Waals surface area contributed by atoms with Crippen LogP contribution in [-0.4, -0.2) is 16.8 Å². The van der Waals surface area contributed by atoms with Gasteiger partial charge in [-0.05, 0) is 42.8 Å². The van der Waals surface area contributed by atoms with E-state index < -0.39 is 0 Å². The van der Waals surface area contributed by atoms with E-state index in [1.165, 1.54) is 13.1 Å². The second-order valence-corrected chi connectivity index (χ2v) is 6.45. The third-order valence-electron chi connectivity index (χ3n) is 4.14. The summed E-state index contributed by atoms with van der Waals surface area (Å²) >= 11 is 0. The molecule has 0 aliphatic rings. The molecule has 0 fully saturated rings. The third-order valence-corrected chi connectivity index (χ3v) is 4.14. The lowest BCUT2D eigenvalue weighted by Crippen LogP contribution is -2.26. The van der Waals surface area contributed by atoms with E-state index in [4.69, 9.17) is 0 Å². The standard InChI is InChI=1S/C22H22N4O2/c1-15(17-6-4-3-5-7-17)24-22(28)18-12-21(14-23-13-18)26-20-10-8-19(9-11-20)25-16(2)27/h3-15,26H,1-2H3,(H,24,28)(H,25,27). The number of nitrogens with one attached hydrogen (secondary N) is 3. The van der Waals surface area contributed by atoms with Crippen LogP contribution in [0, 0.1) is 0 Å². The van der Waals surface area contributed by atoms with Crippen molar-refractivity contribution in [3.05, 3.63) is 84.2 Å². The van der Waals surface area contributed by atoms with Gasteiger partial charge in [-0.2, -0.15) is 0 Å². The van der Waals surface area contributed by atoms with Crippen LogP contribution in [0.5, 0.6) is 0 Å². The smallest absolute Gasteiger partial charge is 0.253 e. The lowest BCUT2D eigenvalue weighted by atomic mass is 10.1. The van der Waals surface area contributed by atoms with E-state index in [1.807, 2.05) is 49.4 Å². The van der Waals surface area contributed by atoms with Gasteiger partial charge in [0.05, 0.1) is 23.5 Å². The monoisotopic (exact) mass is 374 g/mol. The Morgan fingerprint density at radius 2 is 1.57 bits per heavy atom. The molecule has 28 heavy (non-hydrogen) atoms. The second kappa shape index (κ2) is 8.81. The van der Waals surface area contributed by atoms with Gasteiger partial charge in [-0.1, -0.05) is 30.3 Å². The Hall–Kier alpha value is -3.67. The number of benzene rings is 2. The Labute approximate surface area is 164 Å². The van der Waals surface area contributed by atoms with Crippen molar-refractivity contribution < 1.29 is 9.59 Å². The minimum Gasteiger partial charge on any atom is -0.354 e. The molecule has 0 spiro atoms. The minimum absolute atomic E-state index is 0.105. The zero-order valence-corrected chi connectivity index (χ0v) is 15.8. The Balaban J connectivity index is 1.66. The SMILES string of the molecule is CC(=O)Nc1ccc(Nc2cncc(C(=O)NC(C)c3ccccc3)c2)cc1. The number of hydrogen-bond acceptors (Lipinski definition) is 4. The molecule has 0 aliphatic heterocycles. The summed E-state index contributed by atoms with van der Waals surface area (Å²) < 4.78 is 0. The van der Waals surface area contributed by atoms with E-state index in [2.05, 4.69) is 20.9 Å². The van der Waals surface area contributed by atoms with Crippen molar-refractivity contribution in [2.75, 3.05) is 10.6 Å². The van der Waals surface area contributed by atoms with Crippen molar-refractivity contribution >= 4 is 28.9 Å². The fourth-order valence-corrected chi connectivity index (χ4v) is 2.74. The zero-order valence-electron chi connectivity index (χ0n) is 15.8. The van der Waals surface area contributed by atoms with Crippen molar-refractivity contribution in [3.63, 3.8) is 0 Å². The highest BCUT2D eigenvalue weighted by Gasteiger charge is 2.12. The average molecular weight is 374 g/mol. The van der Waals surface area contributed by atoms with Gasteiger partial charge in [0.15, 0.2) is 0 Å². The number of anilines is 3. The molecule has 6 nitrogen and oxygen atoms in total. The van der Waals surface area contributed by atoms with Gasteiger partial charge < -0.3 is 16.0 Å². The summed E-state index contributed by atoms with van der Waals surface area (Å²) in [6.45, 7) is 3.41. The molecule has 2 amide bonds. The maximum absolute atomic E-state index is 12.6. The first-order chi connectivity index (χ1) is 13.5. The molecular weight excluding hydrogens is 352 g/mol. The number of aromatic nitrogens is 1. The molecular formula is C22H22N4O2. The molecule has 142 valence electrons. The molecule has 3 N–H and O–H groups in total. The van der Waals surface area contributed by atoms with Gasteiger partial charge >= 0.3 is 0 Å². The maximum atomic E-state index is 12.6. The summed E-state index contributed by atoms with van der Waals surface area (Å²) in [7, 11) is 0. The minimum atomic E-state index is -0.187. The molecule has 0 aliphatic carbocycles. The van der Waals surface area contributed by atoms with E-state index in [0.717, 1.165) is 16.9 Å². The van der Waals surface area contributed by atoms with Gasteiger partial charge in [0.1, 0.15) is 0 Å². The Morgan fingerprint density at radius 3 is 2.25 bits per heavy atom. The van der Waals surface area contributed by atoms with E-state index in [1.54, 1.807) is 24.4 Å². The summed E-state index contributed by atoms with van der Waals surface area (Å²) in [6.07, 6.45) is 3.19. The number of nitrogens with zero attached hydrogens (tertiary/aromatic N) is 1. The van der Waals surface area contributed by atoms with Crippen molar-refractivity contribution in [3.8, 4) is 0 Å². The number of pyridine rings is 1. The van der Waals surface area contributed by atoms with Gasteiger partial charge in [-0.25, -0.2) is 0 Å². The van der Waals surface area contributed by atoms with Crippen LogP contribution < -0.4 is 16.0 Å². The fraction of sp³-hybridized carbons (Fsp3) is 0.136. The Kier molecular flexibility index (Phi) is 6.01. The van der Waals surface area contributed by atoms with E-state index in [0.29, 0.717) is 11.3 Å². The molecule has 1 heterocycles. The molecule has 3 rings (SSSR count). The third kappa shape index (κ3) is 5.17. The molecule has 2 aromatic carbocycles. The number of rotatable bonds is 6. The van der Waals surface area contributed by atoms with E-state index in [9.17, 15) is 9.59 Å². The summed E-state index contributed by atoms with van der Waals surface area (Å²) in [5.41, 5.74) is 3.76. The van der Waals surface area contributed by atoms with Gasteiger partial charge in [0, 0.05) is 24.5 Å². The Morgan fingerprint density at radius 1 is 0.893 bits per heavy atom. The molecule has 6 heteroatoms. The van der Waals surface area contributed by atoms with Gasteiger partial charge in [0.25, 0.3) is 5.91 Å². The normalized spacial score (nSPS) is 11.4. The Bertz CT molecular complexity index is 956. The summed E-state index contributed by atoms with van der Waals surface area (Å²) in [5, 5.41) is 8.91. The van der Waals surface area contributed by atoms with Crippen molar-refractivity contribution in [1.82, 2.24) is 10.3 Å². The average Bonchev–Trinajstić information content (AvgIpc) is 2.70. The van der Waals surface area contributed by atoms with Crippen molar-refractivity contribution in [2.45, 2.75) is 19.9 Å². The zero-order chi connectivity index (χ0) is 19.9. The van der Waals surface area contributed by atoms with E-state index in [-0.39, 0.29) is 17.9 Å². The van der Waals surface area contributed by atoms with Crippen LogP contribution in [0.25, 0.3) is 0 Å². The quantitative estimate of drug-likeness (QED) is 0.601. The lowest BCUT2D eigenvalue weighted by Gasteiger charge is -2.15. The first-order valence-electron chi connectivity index (χ1n) is 8.97. The van der Waals surface area contributed by atoms with Crippen LogP contribution in [0.2, 0.25) is 0 Å². The predicted octanol–water partition coefficient (Wildman–Crippen LogP) is 4.27. The number of carbonyl (C=O) groups excluding carboxylic acids is 2. The molecule has 1 unspecified atom stereocenters. The number of amides is 2. The summed E-state index contributed by atoms with van der Waals surface area (Å²) in [5.74, 6) is -0.304. The van der Waals surface area contributed by atoms with Crippen LogP contribution in [-0.2, 0) is 4.79 Å². The van der Waals surface area contributed by atoms with Crippen LogP contribution >= 0.6 is 0 Å². The van der Waals surface area contributed by atoms with Crippen molar-refractivity contribution in [2.24, 2.45) is 0 Å². The molecule has 1 aromatic heterocycles. The molecule has 1 atom stereocenters. The largest absolute Gasteiger partial charge is 0.354 e.